The highest BCUT2D eigenvalue weighted by atomic mass is 16.5. The minimum Gasteiger partial charge on any atom is -0.378 e. The summed E-state index contributed by atoms with van der Waals surface area (Å²) in [5, 5.41) is 8.37. The highest BCUT2D eigenvalue weighted by molar-refractivity contribution is 5.57. The van der Waals surface area contributed by atoms with E-state index < -0.39 is 0 Å². The van der Waals surface area contributed by atoms with Gasteiger partial charge in [0.2, 0.25) is 0 Å². The molecule has 1 spiro atoms. The lowest BCUT2D eigenvalue weighted by Gasteiger charge is -2.54. The Balaban J connectivity index is 1.11. The van der Waals surface area contributed by atoms with Gasteiger partial charge < -0.3 is 19.7 Å². The zero-order valence-corrected chi connectivity index (χ0v) is 18.6. The van der Waals surface area contributed by atoms with Crippen LogP contribution in [0.25, 0.3) is 5.65 Å². The Morgan fingerprint density at radius 1 is 1.29 bits per heavy atom. The van der Waals surface area contributed by atoms with Crippen molar-refractivity contribution in [2.24, 2.45) is 23.2 Å². The van der Waals surface area contributed by atoms with E-state index in [4.69, 9.17) is 19.6 Å². The maximum Gasteiger partial charge on any atom is 0.183 e. The molecule has 0 amide bonds. The summed E-state index contributed by atoms with van der Waals surface area (Å²) in [6.07, 6.45) is 7.32. The number of aromatic nitrogens is 3. The van der Waals surface area contributed by atoms with Crippen molar-refractivity contribution in [2.45, 2.75) is 51.2 Å². The molecule has 2 aromatic heterocycles. The molecule has 2 aromatic rings. The number of aryl methyl sites for hydroxylation is 1. The van der Waals surface area contributed by atoms with Gasteiger partial charge in [-0.25, -0.2) is 9.50 Å². The lowest BCUT2D eigenvalue weighted by molar-refractivity contribution is -0.150. The number of rotatable bonds is 5. The smallest absolute Gasteiger partial charge is 0.183 e. The van der Waals surface area contributed by atoms with Gasteiger partial charge in [0.15, 0.2) is 11.5 Å². The molecule has 7 heteroatoms. The van der Waals surface area contributed by atoms with Crippen molar-refractivity contribution in [3.05, 3.63) is 23.7 Å². The molecule has 4 saturated heterocycles. The summed E-state index contributed by atoms with van der Waals surface area (Å²) in [6, 6.07) is 2.27. The van der Waals surface area contributed by atoms with Crippen LogP contribution in [0.15, 0.2) is 12.3 Å². The first kappa shape index (κ1) is 18.8. The molecule has 2 aliphatic carbocycles. The molecular weight excluding hydrogens is 390 g/mol. The SMILES string of the molecule is Cc1cc(N2CCC(C)C2)cn2nc(C34CC(CO3)C4COC3CC4(CNC4)C3)nc12. The predicted molar refractivity (Wildman–Crippen MR) is 117 cm³/mol. The van der Waals surface area contributed by atoms with Crippen molar-refractivity contribution in [2.75, 3.05) is 44.3 Å². The average Bonchev–Trinajstić information content (AvgIpc) is 3.43. The summed E-state index contributed by atoms with van der Waals surface area (Å²) < 4.78 is 14.7. The van der Waals surface area contributed by atoms with E-state index in [0.717, 1.165) is 50.1 Å². The summed E-state index contributed by atoms with van der Waals surface area (Å²) in [4.78, 5) is 7.46. The number of nitrogens with one attached hydrogen (secondary N) is 1. The quantitative estimate of drug-likeness (QED) is 0.797. The topological polar surface area (TPSA) is 63.9 Å². The summed E-state index contributed by atoms with van der Waals surface area (Å²) in [6.45, 7) is 10.7. The van der Waals surface area contributed by atoms with E-state index in [9.17, 15) is 0 Å². The summed E-state index contributed by atoms with van der Waals surface area (Å²) in [7, 11) is 0. The zero-order chi connectivity index (χ0) is 20.8. The van der Waals surface area contributed by atoms with Crippen LogP contribution < -0.4 is 10.2 Å². The van der Waals surface area contributed by atoms with Gasteiger partial charge in [-0.15, -0.1) is 5.10 Å². The van der Waals surface area contributed by atoms with Gasteiger partial charge in [-0.1, -0.05) is 6.92 Å². The number of anilines is 1. The second kappa shape index (κ2) is 6.42. The van der Waals surface area contributed by atoms with Crippen LogP contribution in [0.1, 0.15) is 44.0 Å². The van der Waals surface area contributed by atoms with Crippen LogP contribution in [0.3, 0.4) is 0 Å². The molecule has 31 heavy (non-hydrogen) atoms. The van der Waals surface area contributed by atoms with Gasteiger partial charge in [-0.05, 0) is 56.1 Å². The molecule has 6 aliphatic rings. The van der Waals surface area contributed by atoms with Gasteiger partial charge in [-0.2, -0.15) is 0 Å². The second-order valence-electron chi connectivity index (χ2n) is 11.2. The van der Waals surface area contributed by atoms with Crippen LogP contribution in [0.5, 0.6) is 0 Å². The van der Waals surface area contributed by atoms with Crippen LogP contribution >= 0.6 is 0 Å². The Morgan fingerprint density at radius 2 is 2.16 bits per heavy atom. The van der Waals surface area contributed by atoms with Crippen LogP contribution in [0.2, 0.25) is 0 Å². The van der Waals surface area contributed by atoms with Crippen molar-refractivity contribution in [3.8, 4) is 0 Å². The minimum absolute atomic E-state index is 0.342. The predicted octanol–water partition coefficient (Wildman–Crippen LogP) is 2.51. The lowest BCUT2D eigenvalue weighted by Crippen LogP contribution is -2.62. The van der Waals surface area contributed by atoms with Crippen molar-refractivity contribution in [1.29, 1.82) is 0 Å². The first-order valence-corrected chi connectivity index (χ1v) is 12.1. The summed E-state index contributed by atoms with van der Waals surface area (Å²) in [5.74, 6) is 2.60. The normalized spacial score (nSPS) is 36.1. The van der Waals surface area contributed by atoms with Gasteiger partial charge in [0.05, 0.1) is 31.2 Å². The first-order valence-electron chi connectivity index (χ1n) is 12.1. The molecule has 0 aromatic carbocycles. The molecule has 166 valence electrons. The number of ether oxygens (including phenoxy) is 2. The van der Waals surface area contributed by atoms with Gasteiger partial charge in [-0.3, -0.25) is 0 Å². The van der Waals surface area contributed by atoms with E-state index >= 15 is 0 Å². The van der Waals surface area contributed by atoms with Gasteiger partial charge in [0, 0.05) is 37.5 Å². The van der Waals surface area contributed by atoms with Crippen molar-refractivity contribution in [1.82, 2.24) is 19.9 Å². The van der Waals surface area contributed by atoms with Crippen molar-refractivity contribution >= 4 is 11.3 Å². The molecule has 4 unspecified atom stereocenters. The van der Waals surface area contributed by atoms with Gasteiger partial charge in [0.1, 0.15) is 5.60 Å². The van der Waals surface area contributed by atoms with E-state index in [1.807, 2.05) is 4.52 Å². The first-order chi connectivity index (χ1) is 15.0. The third-order valence-electron chi connectivity index (χ3n) is 8.89. The van der Waals surface area contributed by atoms with Crippen LogP contribution in [0, 0.1) is 30.1 Å². The largest absolute Gasteiger partial charge is 0.378 e. The second-order valence-corrected chi connectivity index (χ2v) is 11.2. The molecule has 7 nitrogen and oxygen atoms in total. The fourth-order valence-electron chi connectivity index (χ4n) is 6.78. The Bertz CT molecular complexity index is 1020. The third-order valence-corrected chi connectivity index (χ3v) is 8.89. The third kappa shape index (κ3) is 2.69. The molecule has 2 bridgehead atoms. The van der Waals surface area contributed by atoms with Crippen molar-refractivity contribution in [3.63, 3.8) is 0 Å². The minimum atomic E-state index is -0.342. The van der Waals surface area contributed by atoms with E-state index in [1.54, 1.807) is 0 Å². The van der Waals surface area contributed by atoms with E-state index in [-0.39, 0.29) is 5.60 Å². The Morgan fingerprint density at radius 3 is 2.87 bits per heavy atom. The molecular formula is C24H33N5O2. The number of nitrogens with zero attached hydrogens (tertiary/aromatic N) is 4. The molecule has 0 radical (unpaired) electrons. The Hall–Kier alpha value is -1.70. The van der Waals surface area contributed by atoms with E-state index in [1.165, 1.54) is 43.6 Å². The molecule has 6 fully saturated rings. The monoisotopic (exact) mass is 423 g/mol. The van der Waals surface area contributed by atoms with E-state index in [2.05, 4.69) is 36.3 Å². The van der Waals surface area contributed by atoms with Gasteiger partial charge in [0.25, 0.3) is 0 Å². The number of fused-ring (bicyclic) bond motifs is 2. The fourth-order valence-corrected chi connectivity index (χ4v) is 6.78. The van der Waals surface area contributed by atoms with E-state index in [0.29, 0.717) is 23.4 Å². The lowest BCUT2D eigenvalue weighted by atomic mass is 9.62. The van der Waals surface area contributed by atoms with Crippen LogP contribution in [0.4, 0.5) is 5.69 Å². The van der Waals surface area contributed by atoms with Crippen molar-refractivity contribution < 1.29 is 9.47 Å². The molecule has 8 rings (SSSR count). The maximum atomic E-state index is 6.36. The summed E-state index contributed by atoms with van der Waals surface area (Å²) >= 11 is 0. The van der Waals surface area contributed by atoms with Gasteiger partial charge >= 0.3 is 0 Å². The Labute approximate surface area is 183 Å². The summed E-state index contributed by atoms with van der Waals surface area (Å²) in [5.41, 5.74) is 3.61. The van der Waals surface area contributed by atoms with Crippen LogP contribution in [-0.4, -0.2) is 60.1 Å². The molecule has 4 aliphatic heterocycles. The highest BCUT2D eigenvalue weighted by Crippen LogP contribution is 2.59. The number of pyridine rings is 1. The highest BCUT2D eigenvalue weighted by Gasteiger charge is 2.64. The number of hydrogen-bond acceptors (Lipinski definition) is 6. The zero-order valence-electron chi connectivity index (χ0n) is 18.6. The molecule has 2 saturated carbocycles. The molecule has 4 atom stereocenters. The molecule has 1 N–H and O–H groups in total. The standard InChI is InChI=1S/C24H33N5O2/c1-15-3-4-28(9-15)18-5-16(2)21-26-22(27-29(21)10-18)24-6-17(11-31-24)20(24)12-30-19-7-23(8-19)13-25-14-23/h5,10,15,17,19-20,25H,3-4,6-9,11-14H2,1-2H3. The fraction of sp³-hybridized carbons (Fsp3) is 0.750. The molecule has 6 heterocycles. The van der Waals surface area contributed by atoms with Crippen LogP contribution in [-0.2, 0) is 15.1 Å². The number of hydrogen-bond donors (Lipinski definition) is 1. The average molecular weight is 424 g/mol. The maximum absolute atomic E-state index is 6.36. The Kier molecular flexibility index (Phi) is 3.90.